The molecule has 6 heteroatoms. The lowest BCUT2D eigenvalue weighted by Gasteiger charge is -2.34. The number of anilines is 1. The van der Waals surface area contributed by atoms with Crippen molar-refractivity contribution in [3.05, 3.63) is 46.7 Å². The minimum Gasteiger partial charge on any atom is -0.494 e. The molecule has 1 aromatic heterocycles. The van der Waals surface area contributed by atoms with E-state index >= 15 is 0 Å². The van der Waals surface area contributed by atoms with Gasteiger partial charge in [0.1, 0.15) is 5.75 Å². The van der Waals surface area contributed by atoms with Crippen molar-refractivity contribution in [2.45, 2.75) is 26.3 Å². The maximum Gasteiger partial charge on any atom is 0.321 e. The highest BCUT2D eigenvalue weighted by Crippen LogP contribution is 2.17. The molecule has 3 rings (SSSR count). The number of nitrogens with zero attached hydrogens (tertiary/aromatic N) is 2. The molecule has 0 atom stereocenters. The van der Waals surface area contributed by atoms with Gasteiger partial charge >= 0.3 is 6.03 Å². The summed E-state index contributed by atoms with van der Waals surface area (Å²) in [6.45, 7) is 7.18. The number of unbranched alkanes of at least 4 members (excludes halogenated alkanes) is 1. The average molecular weight is 374 g/mol. The van der Waals surface area contributed by atoms with Gasteiger partial charge in [-0.25, -0.2) is 4.79 Å². The number of piperazine rings is 1. The second-order valence-electron chi connectivity index (χ2n) is 6.55. The van der Waals surface area contributed by atoms with Crippen molar-refractivity contribution >= 4 is 23.1 Å². The Morgan fingerprint density at radius 2 is 1.92 bits per heavy atom. The van der Waals surface area contributed by atoms with Gasteiger partial charge < -0.3 is 15.0 Å². The minimum atomic E-state index is -0.0279. The Bertz CT molecular complexity index is 665. The summed E-state index contributed by atoms with van der Waals surface area (Å²) >= 11 is 1.73. The number of carbonyl (C=O) groups is 1. The number of amides is 2. The predicted molar refractivity (Wildman–Crippen MR) is 107 cm³/mol. The number of hydrogen-bond donors (Lipinski definition) is 1. The van der Waals surface area contributed by atoms with Gasteiger partial charge in [-0.05, 0) is 53.1 Å². The van der Waals surface area contributed by atoms with Gasteiger partial charge in [0, 0.05) is 38.4 Å². The van der Waals surface area contributed by atoms with E-state index in [9.17, 15) is 4.79 Å². The minimum absolute atomic E-state index is 0.0279. The van der Waals surface area contributed by atoms with E-state index in [1.54, 1.807) is 11.3 Å². The Kier molecular flexibility index (Phi) is 6.91. The monoisotopic (exact) mass is 373 g/mol. The van der Waals surface area contributed by atoms with E-state index in [1.165, 1.54) is 5.56 Å². The van der Waals surface area contributed by atoms with Crippen LogP contribution in [0.4, 0.5) is 10.5 Å². The van der Waals surface area contributed by atoms with Crippen molar-refractivity contribution in [1.29, 1.82) is 0 Å². The largest absolute Gasteiger partial charge is 0.494 e. The number of hydrogen-bond acceptors (Lipinski definition) is 4. The number of benzene rings is 1. The molecule has 2 heterocycles. The average Bonchev–Trinajstić information content (AvgIpc) is 3.17. The molecule has 1 saturated heterocycles. The van der Waals surface area contributed by atoms with Crippen LogP contribution in [0.3, 0.4) is 0 Å². The van der Waals surface area contributed by atoms with Gasteiger partial charge in [0.15, 0.2) is 0 Å². The molecule has 0 unspecified atom stereocenters. The van der Waals surface area contributed by atoms with Gasteiger partial charge in [0.05, 0.1) is 6.61 Å². The molecule has 26 heavy (non-hydrogen) atoms. The van der Waals surface area contributed by atoms with Crippen molar-refractivity contribution in [1.82, 2.24) is 9.80 Å². The van der Waals surface area contributed by atoms with Crippen LogP contribution in [0.1, 0.15) is 25.3 Å². The number of ether oxygens (including phenoxy) is 1. The fourth-order valence-corrected chi connectivity index (χ4v) is 3.58. The quantitative estimate of drug-likeness (QED) is 0.737. The fourth-order valence-electron chi connectivity index (χ4n) is 2.92. The third-order valence-electron chi connectivity index (χ3n) is 4.52. The van der Waals surface area contributed by atoms with E-state index in [0.29, 0.717) is 0 Å². The number of nitrogens with one attached hydrogen (secondary N) is 1. The highest BCUT2D eigenvalue weighted by Gasteiger charge is 2.21. The standard InChI is InChI=1S/C20H27N3O2S/c1-2-3-13-25-19-6-4-18(5-7-19)21-20(24)23-11-9-22(10-12-23)15-17-8-14-26-16-17/h4-8,14,16H,2-3,9-13,15H2,1H3,(H,21,24). The first kappa shape index (κ1) is 18.7. The Hall–Kier alpha value is -2.05. The third kappa shape index (κ3) is 5.47. The second kappa shape index (κ2) is 9.59. The van der Waals surface area contributed by atoms with Gasteiger partial charge in [0.25, 0.3) is 0 Å². The maximum atomic E-state index is 12.5. The Morgan fingerprint density at radius 3 is 2.58 bits per heavy atom. The lowest BCUT2D eigenvalue weighted by atomic mass is 10.2. The summed E-state index contributed by atoms with van der Waals surface area (Å²) in [7, 11) is 0. The van der Waals surface area contributed by atoms with E-state index in [0.717, 1.165) is 63.6 Å². The van der Waals surface area contributed by atoms with Gasteiger partial charge in [0.2, 0.25) is 0 Å². The molecular formula is C20H27N3O2S. The second-order valence-corrected chi connectivity index (χ2v) is 7.33. The number of carbonyl (C=O) groups excluding carboxylic acids is 1. The van der Waals surface area contributed by atoms with E-state index in [1.807, 2.05) is 29.2 Å². The summed E-state index contributed by atoms with van der Waals surface area (Å²) in [5.74, 6) is 0.846. The molecule has 1 fully saturated rings. The van der Waals surface area contributed by atoms with Crippen molar-refractivity contribution < 1.29 is 9.53 Å². The molecule has 1 N–H and O–H groups in total. The SMILES string of the molecule is CCCCOc1ccc(NC(=O)N2CCN(Cc3ccsc3)CC2)cc1. The Morgan fingerprint density at radius 1 is 1.15 bits per heavy atom. The smallest absolute Gasteiger partial charge is 0.321 e. The molecular weight excluding hydrogens is 346 g/mol. The van der Waals surface area contributed by atoms with Crippen molar-refractivity contribution in [2.24, 2.45) is 0 Å². The molecule has 0 radical (unpaired) electrons. The van der Waals surface area contributed by atoms with Crippen LogP contribution in [0.5, 0.6) is 5.75 Å². The predicted octanol–water partition coefficient (Wildman–Crippen LogP) is 4.28. The molecule has 0 saturated carbocycles. The normalized spacial score (nSPS) is 15.0. The zero-order valence-electron chi connectivity index (χ0n) is 15.3. The van der Waals surface area contributed by atoms with Gasteiger partial charge in [-0.1, -0.05) is 13.3 Å². The molecule has 0 spiro atoms. The van der Waals surface area contributed by atoms with Gasteiger partial charge in [-0.3, -0.25) is 4.90 Å². The van der Waals surface area contributed by atoms with E-state index in [4.69, 9.17) is 4.74 Å². The summed E-state index contributed by atoms with van der Waals surface area (Å²) in [5, 5.41) is 7.28. The van der Waals surface area contributed by atoms with Crippen LogP contribution < -0.4 is 10.1 Å². The van der Waals surface area contributed by atoms with Gasteiger partial charge in [-0.15, -0.1) is 0 Å². The topological polar surface area (TPSA) is 44.8 Å². The van der Waals surface area contributed by atoms with Crippen molar-refractivity contribution in [2.75, 3.05) is 38.1 Å². The third-order valence-corrected chi connectivity index (χ3v) is 5.25. The molecule has 0 aliphatic carbocycles. The summed E-state index contributed by atoms with van der Waals surface area (Å²) in [6.07, 6.45) is 2.17. The zero-order chi connectivity index (χ0) is 18.2. The number of thiophene rings is 1. The van der Waals surface area contributed by atoms with Crippen LogP contribution in [-0.4, -0.2) is 48.6 Å². The maximum absolute atomic E-state index is 12.5. The van der Waals surface area contributed by atoms with Crippen LogP contribution in [0.25, 0.3) is 0 Å². The number of urea groups is 1. The zero-order valence-corrected chi connectivity index (χ0v) is 16.1. The molecule has 1 aliphatic rings. The first-order chi connectivity index (χ1) is 12.7. The summed E-state index contributed by atoms with van der Waals surface area (Å²) in [5.41, 5.74) is 2.16. The van der Waals surface area contributed by atoms with Crippen LogP contribution in [0.15, 0.2) is 41.1 Å². The van der Waals surface area contributed by atoms with E-state index in [-0.39, 0.29) is 6.03 Å². The Labute approximate surface area is 159 Å². The lowest BCUT2D eigenvalue weighted by molar-refractivity contribution is 0.143. The van der Waals surface area contributed by atoms with Crippen molar-refractivity contribution in [3.63, 3.8) is 0 Å². The highest BCUT2D eigenvalue weighted by atomic mass is 32.1. The summed E-state index contributed by atoms with van der Waals surface area (Å²) in [4.78, 5) is 16.7. The van der Waals surface area contributed by atoms with Crippen molar-refractivity contribution in [3.8, 4) is 5.75 Å². The molecule has 2 amide bonds. The molecule has 0 bridgehead atoms. The summed E-state index contributed by atoms with van der Waals surface area (Å²) in [6, 6.07) is 9.74. The van der Waals surface area contributed by atoms with Crippen LogP contribution in [0.2, 0.25) is 0 Å². The molecule has 1 aromatic carbocycles. The summed E-state index contributed by atoms with van der Waals surface area (Å²) < 4.78 is 5.65. The van der Waals surface area contributed by atoms with E-state index < -0.39 is 0 Å². The van der Waals surface area contributed by atoms with Crippen LogP contribution in [0, 0.1) is 0 Å². The van der Waals surface area contributed by atoms with Crippen LogP contribution in [-0.2, 0) is 6.54 Å². The highest BCUT2D eigenvalue weighted by molar-refractivity contribution is 7.07. The molecule has 5 nitrogen and oxygen atoms in total. The van der Waals surface area contributed by atoms with Crippen LogP contribution >= 0.6 is 11.3 Å². The molecule has 1 aliphatic heterocycles. The molecule has 2 aromatic rings. The Balaban J connectivity index is 1.42. The lowest BCUT2D eigenvalue weighted by Crippen LogP contribution is -2.49. The van der Waals surface area contributed by atoms with E-state index in [2.05, 4.69) is 34.0 Å². The van der Waals surface area contributed by atoms with Gasteiger partial charge in [-0.2, -0.15) is 11.3 Å². The molecule has 140 valence electrons. The first-order valence-corrected chi connectivity index (χ1v) is 10.2. The first-order valence-electron chi connectivity index (χ1n) is 9.27. The number of rotatable bonds is 7. The fraction of sp³-hybridized carbons (Fsp3) is 0.450.